The van der Waals surface area contributed by atoms with E-state index in [0.717, 1.165) is 66.8 Å². The van der Waals surface area contributed by atoms with Crippen LogP contribution in [0.1, 0.15) is 0 Å². The zero-order valence-corrected chi connectivity index (χ0v) is 36.2. The van der Waals surface area contributed by atoms with Crippen LogP contribution in [0.2, 0.25) is 0 Å². The Bertz CT molecular complexity index is 3660. The van der Waals surface area contributed by atoms with Crippen molar-refractivity contribution in [2.45, 2.75) is 0 Å². The standard InChI is InChI=1S/C64H43NO/c1-2-12-44(13-3-1)46-28-31-50(32-29-46)58-18-6-8-21-61(58)65(57-40-36-51(37-41-57)59-20-11-23-63-64(59)60-19-7-9-22-62(60)66-63)56-38-34-48(35-39-56)47-24-26-49(27-25-47)53-16-10-17-54(42-53)55-33-30-45-14-4-5-15-52(45)43-55/h1-43H. The molecule has 0 aliphatic carbocycles. The molecule has 0 aliphatic heterocycles. The predicted octanol–water partition coefficient (Wildman–Crippen LogP) is 18.2. The van der Waals surface area contributed by atoms with Gasteiger partial charge in [0.25, 0.3) is 0 Å². The highest BCUT2D eigenvalue weighted by atomic mass is 16.3. The van der Waals surface area contributed by atoms with Crippen LogP contribution in [0.25, 0.3) is 99.5 Å². The predicted molar refractivity (Wildman–Crippen MR) is 279 cm³/mol. The molecule has 0 fully saturated rings. The number of hydrogen-bond acceptors (Lipinski definition) is 2. The van der Waals surface area contributed by atoms with E-state index in [1.807, 2.05) is 12.1 Å². The molecule has 2 nitrogen and oxygen atoms in total. The Morgan fingerprint density at radius 3 is 1.42 bits per heavy atom. The summed E-state index contributed by atoms with van der Waals surface area (Å²) in [7, 11) is 0. The van der Waals surface area contributed by atoms with Crippen molar-refractivity contribution in [1.29, 1.82) is 0 Å². The zero-order valence-electron chi connectivity index (χ0n) is 36.2. The smallest absolute Gasteiger partial charge is 0.136 e. The van der Waals surface area contributed by atoms with Crippen molar-refractivity contribution in [2.75, 3.05) is 4.90 Å². The molecule has 0 aliphatic rings. The Balaban J connectivity index is 0.891. The summed E-state index contributed by atoms with van der Waals surface area (Å²) in [5, 5.41) is 4.77. The van der Waals surface area contributed by atoms with Gasteiger partial charge in [-0.3, -0.25) is 0 Å². The Morgan fingerprint density at radius 1 is 0.258 bits per heavy atom. The molecule has 0 spiro atoms. The van der Waals surface area contributed by atoms with Crippen LogP contribution in [0, 0.1) is 0 Å². The van der Waals surface area contributed by atoms with Crippen molar-refractivity contribution in [2.24, 2.45) is 0 Å². The van der Waals surface area contributed by atoms with Crippen LogP contribution >= 0.6 is 0 Å². The fourth-order valence-corrected chi connectivity index (χ4v) is 9.52. The summed E-state index contributed by atoms with van der Waals surface area (Å²) >= 11 is 0. The summed E-state index contributed by atoms with van der Waals surface area (Å²) in [6, 6.07) is 93.9. The monoisotopic (exact) mass is 841 g/mol. The van der Waals surface area contributed by atoms with Crippen LogP contribution in [-0.2, 0) is 0 Å². The first kappa shape index (κ1) is 38.9. The molecule has 0 unspecified atom stereocenters. The van der Waals surface area contributed by atoms with Crippen molar-refractivity contribution < 1.29 is 4.42 Å². The van der Waals surface area contributed by atoms with Gasteiger partial charge in [0.1, 0.15) is 11.2 Å². The summed E-state index contributed by atoms with van der Waals surface area (Å²) in [6.45, 7) is 0. The molecule has 66 heavy (non-hydrogen) atoms. The molecule has 2 heteroatoms. The lowest BCUT2D eigenvalue weighted by atomic mass is 9.96. The van der Waals surface area contributed by atoms with E-state index >= 15 is 0 Å². The first-order valence-electron chi connectivity index (χ1n) is 22.6. The van der Waals surface area contributed by atoms with Crippen molar-refractivity contribution in [3.05, 3.63) is 261 Å². The van der Waals surface area contributed by atoms with Gasteiger partial charge >= 0.3 is 0 Å². The summed E-state index contributed by atoms with van der Waals surface area (Å²) in [6.07, 6.45) is 0. The van der Waals surface area contributed by atoms with Gasteiger partial charge in [-0.2, -0.15) is 0 Å². The number of rotatable bonds is 9. The molecule has 0 atom stereocenters. The average molecular weight is 842 g/mol. The number of para-hydroxylation sites is 2. The molecule has 0 amide bonds. The van der Waals surface area contributed by atoms with E-state index in [4.69, 9.17) is 4.42 Å². The number of nitrogens with zero attached hydrogens (tertiary/aromatic N) is 1. The van der Waals surface area contributed by atoms with Crippen LogP contribution in [0.15, 0.2) is 265 Å². The minimum Gasteiger partial charge on any atom is -0.456 e. The van der Waals surface area contributed by atoms with E-state index in [0.29, 0.717) is 0 Å². The van der Waals surface area contributed by atoms with E-state index in [9.17, 15) is 0 Å². The molecular formula is C64H43NO. The maximum absolute atomic E-state index is 6.27. The molecule has 0 saturated heterocycles. The Kier molecular flexibility index (Phi) is 9.89. The van der Waals surface area contributed by atoms with E-state index in [1.54, 1.807) is 0 Å². The highest BCUT2D eigenvalue weighted by Crippen LogP contribution is 2.43. The van der Waals surface area contributed by atoms with Crippen LogP contribution in [0.4, 0.5) is 17.1 Å². The molecule has 12 rings (SSSR count). The van der Waals surface area contributed by atoms with Crippen molar-refractivity contribution in [3.63, 3.8) is 0 Å². The summed E-state index contributed by atoms with van der Waals surface area (Å²) in [5.41, 5.74) is 19.2. The maximum atomic E-state index is 6.27. The number of fused-ring (bicyclic) bond motifs is 4. The van der Waals surface area contributed by atoms with E-state index in [-0.39, 0.29) is 0 Å². The van der Waals surface area contributed by atoms with Crippen LogP contribution in [-0.4, -0.2) is 0 Å². The summed E-state index contributed by atoms with van der Waals surface area (Å²) in [4.78, 5) is 2.38. The van der Waals surface area contributed by atoms with Crippen LogP contribution in [0.3, 0.4) is 0 Å². The van der Waals surface area contributed by atoms with Gasteiger partial charge in [0.05, 0.1) is 5.69 Å². The lowest BCUT2D eigenvalue weighted by molar-refractivity contribution is 0.669. The molecule has 310 valence electrons. The topological polar surface area (TPSA) is 16.4 Å². The first-order valence-corrected chi connectivity index (χ1v) is 22.6. The highest BCUT2D eigenvalue weighted by molar-refractivity contribution is 6.12. The van der Waals surface area contributed by atoms with Crippen LogP contribution < -0.4 is 4.90 Å². The molecule has 1 aromatic heterocycles. The molecule has 0 radical (unpaired) electrons. The lowest BCUT2D eigenvalue weighted by Gasteiger charge is -2.28. The number of anilines is 3. The second-order valence-electron chi connectivity index (χ2n) is 16.9. The lowest BCUT2D eigenvalue weighted by Crippen LogP contribution is -2.11. The number of furan rings is 1. The Labute approximate surface area is 384 Å². The normalized spacial score (nSPS) is 11.3. The van der Waals surface area contributed by atoms with E-state index < -0.39 is 0 Å². The summed E-state index contributed by atoms with van der Waals surface area (Å²) in [5.74, 6) is 0. The maximum Gasteiger partial charge on any atom is 0.136 e. The van der Waals surface area contributed by atoms with Crippen LogP contribution in [0.5, 0.6) is 0 Å². The molecule has 11 aromatic carbocycles. The molecule has 0 bridgehead atoms. The fourth-order valence-electron chi connectivity index (χ4n) is 9.52. The van der Waals surface area contributed by atoms with Gasteiger partial charge in [-0.1, -0.05) is 206 Å². The average Bonchev–Trinajstić information content (AvgIpc) is 3.79. The Hall–Kier alpha value is -8.72. The van der Waals surface area contributed by atoms with Gasteiger partial charge in [-0.25, -0.2) is 0 Å². The second kappa shape index (κ2) is 16.8. The molecule has 12 aromatic rings. The van der Waals surface area contributed by atoms with Gasteiger partial charge < -0.3 is 9.32 Å². The SMILES string of the molecule is c1ccc(-c2ccc(-c3ccccc3N(c3ccc(-c4ccc(-c5cccc(-c6ccc7ccccc7c6)c5)cc4)cc3)c3ccc(-c4cccc5oc6ccccc6c45)cc3)cc2)cc1. The van der Waals surface area contributed by atoms with E-state index in [2.05, 4.69) is 254 Å². The van der Waals surface area contributed by atoms with Crippen molar-refractivity contribution in [1.82, 2.24) is 0 Å². The first-order chi connectivity index (χ1) is 32.7. The van der Waals surface area contributed by atoms with Crippen molar-refractivity contribution >= 4 is 49.8 Å². The molecule has 1 heterocycles. The van der Waals surface area contributed by atoms with Gasteiger partial charge in [-0.05, 0) is 127 Å². The van der Waals surface area contributed by atoms with Gasteiger partial charge in [0.2, 0.25) is 0 Å². The molecule has 0 saturated carbocycles. The third kappa shape index (κ3) is 7.31. The second-order valence-corrected chi connectivity index (χ2v) is 16.9. The number of hydrogen-bond donors (Lipinski definition) is 0. The largest absolute Gasteiger partial charge is 0.456 e. The third-order valence-electron chi connectivity index (χ3n) is 12.9. The zero-order chi connectivity index (χ0) is 43.8. The Morgan fingerprint density at radius 2 is 0.697 bits per heavy atom. The fraction of sp³-hybridized carbons (Fsp3) is 0. The van der Waals surface area contributed by atoms with E-state index in [1.165, 1.54) is 49.7 Å². The quantitative estimate of drug-likeness (QED) is 0.144. The third-order valence-corrected chi connectivity index (χ3v) is 12.9. The molecular weight excluding hydrogens is 799 g/mol. The minimum absolute atomic E-state index is 0.896. The highest BCUT2D eigenvalue weighted by Gasteiger charge is 2.19. The van der Waals surface area contributed by atoms with Gasteiger partial charge in [0, 0.05) is 27.7 Å². The number of benzene rings is 11. The molecule has 0 N–H and O–H groups in total. The summed E-state index contributed by atoms with van der Waals surface area (Å²) < 4.78 is 6.27. The van der Waals surface area contributed by atoms with Gasteiger partial charge in [-0.15, -0.1) is 0 Å². The van der Waals surface area contributed by atoms with Gasteiger partial charge in [0.15, 0.2) is 0 Å². The minimum atomic E-state index is 0.896. The van der Waals surface area contributed by atoms with Crippen molar-refractivity contribution in [3.8, 4) is 66.8 Å².